The molecule has 0 N–H and O–H groups in total. The Hall–Kier alpha value is -6.84. The summed E-state index contributed by atoms with van der Waals surface area (Å²) in [6.07, 6.45) is 0. The first-order valence-corrected chi connectivity index (χ1v) is 17.5. The lowest BCUT2D eigenvalue weighted by Crippen LogP contribution is -1.95. The van der Waals surface area contributed by atoms with Gasteiger partial charge in [0.25, 0.3) is 0 Å². The van der Waals surface area contributed by atoms with E-state index in [1.165, 1.54) is 81.6 Å². The van der Waals surface area contributed by atoms with E-state index in [1.807, 2.05) is 0 Å². The van der Waals surface area contributed by atoms with Gasteiger partial charge in [0, 0.05) is 43.7 Å². The summed E-state index contributed by atoms with van der Waals surface area (Å²) in [6, 6.07) is 61.8. The first kappa shape index (κ1) is 27.0. The summed E-state index contributed by atoms with van der Waals surface area (Å²) in [4.78, 5) is 0. The summed E-state index contributed by atoms with van der Waals surface area (Å²) < 4.78 is 11.4. The molecule has 0 aliphatic carbocycles. The van der Waals surface area contributed by atoms with E-state index in [0.29, 0.717) is 0 Å². The third-order valence-corrected chi connectivity index (χ3v) is 11.0. The number of nitrogens with zero attached hydrogens (tertiary/aromatic N) is 2. The highest BCUT2D eigenvalue weighted by Crippen LogP contribution is 2.45. The molecule has 0 bridgehead atoms. The van der Waals surface area contributed by atoms with Crippen LogP contribution in [0.15, 0.2) is 174 Å². The van der Waals surface area contributed by atoms with Gasteiger partial charge in [-0.05, 0) is 99.4 Å². The molecular weight excluding hydrogens is 621 g/mol. The van der Waals surface area contributed by atoms with E-state index in [4.69, 9.17) is 4.42 Å². The van der Waals surface area contributed by atoms with E-state index < -0.39 is 0 Å². The van der Waals surface area contributed by atoms with E-state index in [-0.39, 0.29) is 0 Å². The zero-order chi connectivity index (χ0) is 33.2. The summed E-state index contributed by atoms with van der Waals surface area (Å²) in [5, 5.41) is 12.4. The van der Waals surface area contributed by atoms with Crippen molar-refractivity contribution in [2.24, 2.45) is 0 Å². The number of para-hydroxylation sites is 3. The summed E-state index contributed by atoms with van der Waals surface area (Å²) in [5.41, 5.74) is 11.3. The van der Waals surface area contributed by atoms with Crippen LogP contribution in [0.25, 0.3) is 110 Å². The zero-order valence-corrected chi connectivity index (χ0v) is 27.5. The molecule has 0 aliphatic heterocycles. The molecule has 12 rings (SSSR count). The van der Waals surface area contributed by atoms with Crippen molar-refractivity contribution in [3.8, 4) is 22.5 Å². The monoisotopic (exact) mass is 648 g/mol. The van der Waals surface area contributed by atoms with Crippen LogP contribution < -0.4 is 0 Å². The predicted molar refractivity (Wildman–Crippen MR) is 214 cm³/mol. The fourth-order valence-electron chi connectivity index (χ4n) is 8.89. The van der Waals surface area contributed by atoms with Gasteiger partial charge < -0.3 is 13.6 Å². The summed E-state index contributed by atoms with van der Waals surface area (Å²) >= 11 is 0. The van der Waals surface area contributed by atoms with Crippen LogP contribution in [-0.2, 0) is 0 Å². The van der Waals surface area contributed by atoms with Crippen LogP contribution in [0.1, 0.15) is 0 Å². The molecule has 0 amide bonds. The quantitative estimate of drug-likeness (QED) is 0.175. The topological polar surface area (TPSA) is 23.0 Å². The van der Waals surface area contributed by atoms with Crippen molar-refractivity contribution in [1.29, 1.82) is 0 Å². The maximum Gasteiger partial charge on any atom is 0.136 e. The van der Waals surface area contributed by atoms with E-state index in [1.54, 1.807) is 0 Å². The second-order valence-electron chi connectivity index (χ2n) is 13.7. The maximum absolute atomic E-state index is 6.57. The van der Waals surface area contributed by atoms with Crippen molar-refractivity contribution in [1.82, 2.24) is 9.13 Å². The largest absolute Gasteiger partial charge is 0.456 e. The summed E-state index contributed by atoms with van der Waals surface area (Å²) in [5.74, 6) is 0. The maximum atomic E-state index is 6.57. The number of benzene rings is 9. The Bertz CT molecular complexity index is 3360. The van der Waals surface area contributed by atoms with Crippen molar-refractivity contribution < 1.29 is 4.42 Å². The average Bonchev–Trinajstić information content (AvgIpc) is 3.84. The molecule has 9 aromatic carbocycles. The third-order valence-electron chi connectivity index (χ3n) is 11.0. The van der Waals surface area contributed by atoms with Crippen LogP contribution in [0.4, 0.5) is 0 Å². The normalized spacial score (nSPS) is 12.3. The second kappa shape index (κ2) is 9.87. The Labute approximate surface area is 292 Å². The van der Waals surface area contributed by atoms with Gasteiger partial charge in [-0.25, -0.2) is 0 Å². The van der Waals surface area contributed by atoms with Gasteiger partial charge in [-0.15, -0.1) is 0 Å². The highest BCUT2D eigenvalue weighted by molar-refractivity contribution is 6.33. The lowest BCUT2D eigenvalue weighted by molar-refractivity contribution is 0.669. The standard InChI is InChI=1S/C48H28N2O/c1-2-13-31(14-3-1)49-41-21-8-6-18-35(41)38-28-44-39(27-43(38)49)36-19-7-9-22-42(36)50(44)32-15-10-12-29(24-32)30-25-40-34-17-5-4-16-33(34)37-20-11-23-45-47(37)48(40)46(26-30)51-45/h1-28H. The van der Waals surface area contributed by atoms with Crippen molar-refractivity contribution in [3.63, 3.8) is 0 Å². The third kappa shape index (κ3) is 3.62. The molecule has 3 aromatic heterocycles. The first-order valence-electron chi connectivity index (χ1n) is 17.5. The number of hydrogen-bond donors (Lipinski definition) is 0. The van der Waals surface area contributed by atoms with Gasteiger partial charge in [0.2, 0.25) is 0 Å². The molecule has 236 valence electrons. The van der Waals surface area contributed by atoms with Gasteiger partial charge in [0.05, 0.1) is 22.1 Å². The smallest absolute Gasteiger partial charge is 0.136 e. The van der Waals surface area contributed by atoms with Crippen LogP contribution >= 0.6 is 0 Å². The fraction of sp³-hybridized carbons (Fsp3) is 0. The molecule has 3 heterocycles. The van der Waals surface area contributed by atoms with E-state index in [9.17, 15) is 0 Å². The Morgan fingerprint density at radius 2 is 0.843 bits per heavy atom. The number of fused-ring (bicyclic) bond motifs is 9. The molecule has 0 saturated carbocycles. The van der Waals surface area contributed by atoms with Crippen LogP contribution in [-0.4, -0.2) is 9.13 Å². The van der Waals surface area contributed by atoms with Crippen LogP contribution in [0.3, 0.4) is 0 Å². The van der Waals surface area contributed by atoms with Gasteiger partial charge in [-0.3, -0.25) is 0 Å². The summed E-state index contributed by atoms with van der Waals surface area (Å²) in [7, 11) is 0. The van der Waals surface area contributed by atoms with Crippen LogP contribution in [0, 0.1) is 0 Å². The highest BCUT2D eigenvalue weighted by Gasteiger charge is 2.20. The van der Waals surface area contributed by atoms with Crippen LogP contribution in [0.5, 0.6) is 0 Å². The SMILES string of the molecule is c1ccc(-n2c3ccccc3c3cc4c(cc32)c2ccccc2n4-c2cccc(-c3cc4oc5cccc6c7ccccc7c(c3)c4c56)c2)cc1. The molecule has 0 fully saturated rings. The Morgan fingerprint density at radius 3 is 1.57 bits per heavy atom. The zero-order valence-electron chi connectivity index (χ0n) is 27.5. The first-order chi connectivity index (χ1) is 25.3. The lowest BCUT2D eigenvalue weighted by atomic mass is 9.92. The minimum absolute atomic E-state index is 0.930. The molecule has 0 saturated heterocycles. The predicted octanol–water partition coefficient (Wildman–Crippen LogP) is 13.2. The molecule has 3 nitrogen and oxygen atoms in total. The van der Waals surface area contributed by atoms with Crippen molar-refractivity contribution in [2.75, 3.05) is 0 Å². The number of rotatable bonds is 3. The highest BCUT2D eigenvalue weighted by atomic mass is 16.3. The van der Waals surface area contributed by atoms with Crippen molar-refractivity contribution in [2.45, 2.75) is 0 Å². The fourth-order valence-corrected chi connectivity index (χ4v) is 8.89. The second-order valence-corrected chi connectivity index (χ2v) is 13.7. The lowest BCUT2D eigenvalue weighted by Gasteiger charge is -2.12. The minimum atomic E-state index is 0.930. The van der Waals surface area contributed by atoms with Gasteiger partial charge in [-0.1, -0.05) is 103 Å². The van der Waals surface area contributed by atoms with E-state index in [0.717, 1.165) is 28.0 Å². The molecule has 0 radical (unpaired) electrons. The Morgan fingerprint density at radius 1 is 0.294 bits per heavy atom. The number of furan rings is 1. The van der Waals surface area contributed by atoms with E-state index in [2.05, 4.69) is 179 Å². The van der Waals surface area contributed by atoms with Crippen molar-refractivity contribution in [3.05, 3.63) is 170 Å². The van der Waals surface area contributed by atoms with Gasteiger partial charge in [0.15, 0.2) is 0 Å². The minimum Gasteiger partial charge on any atom is -0.456 e. The van der Waals surface area contributed by atoms with Gasteiger partial charge >= 0.3 is 0 Å². The van der Waals surface area contributed by atoms with E-state index >= 15 is 0 Å². The molecule has 3 heteroatoms. The average molecular weight is 649 g/mol. The summed E-state index contributed by atoms with van der Waals surface area (Å²) in [6.45, 7) is 0. The number of aromatic nitrogens is 2. The molecule has 0 aliphatic rings. The molecule has 12 aromatic rings. The molecule has 0 unspecified atom stereocenters. The van der Waals surface area contributed by atoms with Crippen LogP contribution in [0.2, 0.25) is 0 Å². The molecule has 0 atom stereocenters. The number of hydrogen-bond acceptors (Lipinski definition) is 1. The molecular formula is C48H28N2O. The Balaban J connectivity index is 1.13. The Kier molecular flexibility index (Phi) is 5.23. The van der Waals surface area contributed by atoms with Gasteiger partial charge in [0.1, 0.15) is 11.2 Å². The van der Waals surface area contributed by atoms with Gasteiger partial charge in [-0.2, -0.15) is 0 Å². The van der Waals surface area contributed by atoms with Crippen molar-refractivity contribution >= 4 is 87.1 Å². The molecule has 51 heavy (non-hydrogen) atoms. The molecule has 0 spiro atoms.